The van der Waals surface area contributed by atoms with E-state index in [0.29, 0.717) is 6.42 Å². The molecule has 0 rings (SSSR count). The summed E-state index contributed by atoms with van der Waals surface area (Å²) in [6, 6.07) is 0. The minimum atomic E-state index is -2.78. The van der Waals surface area contributed by atoms with Crippen molar-refractivity contribution in [2.45, 2.75) is 13.3 Å². The van der Waals surface area contributed by atoms with Crippen LogP contribution >= 0.6 is 8.25 Å². The molecule has 4 nitrogen and oxygen atoms in total. The van der Waals surface area contributed by atoms with Crippen molar-refractivity contribution < 1.29 is 19.1 Å². The molecule has 0 amide bonds. The van der Waals surface area contributed by atoms with Crippen molar-refractivity contribution in [1.29, 1.82) is 0 Å². The summed E-state index contributed by atoms with van der Waals surface area (Å²) in [4.78, 5) is 8.23. The van der Waals surface area contributed by atoms with E-state index >= 15 is 0 Å². The van der Waals surface area contributed by atoms with Crippen molar-refractivity contribution >= 4 is 8.25 Å². The summed E-state index contributed by atoms with van der Waals surface area (Å²) in [5, 5.41) is 8.53. The summed E-state index contributed by atoms with van der Waals surface area (Å²) in [6.45, 7) is 2.03. The molecule has 0 fully saturated rings. The van der Waals surface area contributed by atoms with Crippen LogP contribution < -0.4 is 0 Å². The summed E-state index contributed by atoms with van der Waals surface area (Å²) in [7, 11) is -2.78. The average molecular weight is 180 g/mol. The third-order valence-corrected chi connectivity index (χ3v) is 1.54. The van der Waals surface area contributed by atoms with Gasteiger partial charge in [-0.15, -0.1) is 0 Å². The van der Waals surface area contributed by atoms with Crippen LogP contribution in [0.5, 0.6) is 0 Å². The summed E-state index contributed by atoms with van der Waals surface area (Å²) in [5.41, 5.74) is 0.839. The molecule has 0 bridgehead atoms. The van der Waals surface area contributed by atoms with Crippen LogP contribution in [-0.2, 0) is 9.09 Å². The van der Waals surface area contributed by atoms with Gasteiger partial charge in [0.05, 0.1) is 13.2 Å². The molecular weight excluding hydrogens is 167 g/mol. The molecule has 0 radical (unpaired) electrons. The average Bonchev–Trinajstić information content (AvgIpc) is 1.97. The normalized spacial score (nSPS) is 15.0. The monoisotopic (exact) mass is 180 g/mol. The highest BCUT2D eigenvalue weighted by atomic mass is 31.1. The van der Waals surface area contributed by atoms with Gasteiger partial charge in [-0.1, -0.05) is 11.6 Å². The van der Waals surface area contributed by atoms with Gasteiger partial charge in [0, 0.05) is 0 Å². The first kappa shape index (κ1) is 10.8. The van der Waals surface area contributed by atoms with Crippen LogP contribution in [-0.4, -0.2) is 23.2 Å². The first-order valence-electron chi connectivity index (χ1n) is 3.29. The molecule has 1 atom stereocenters. The Morgan fingerprint density at radius 2 is 2.36 bits per heavy atom. The molecular formula is C6H13O4P. The molecule has 0 aliphatic rings. The minimum absolute atomic E-state index is 0.0221. The maximum Gasteiger partial charge on any atom is 0.316 e. The van der Waals surface area contributed by atoms with Gasteiger partial charge in [0.1, 0.15) is 0 Å². The Labute approximate surface area is 66.5 Å². The molecule has 0 heterocycles. The molecule has 0 aromatic heterocycles. The van der Waals surface area contributed by atoms with Gasteiger partial charge in [-0.25, -0.2) is 0 Å². The van der Waals surface area contributed by atoms with Crippen LogP contribution in [0.4, 0.5) is 0 Å². The van der Waals surface area contributed by atoms with E-state index in [1.807, 2.05) is 0 Å². The molecule has 1 unspecified atom stereocenters. The third kappa shape index (κ3) is 7.75. The Kier molecular flexibility index (Phi) is 6.46. The summed E-state index contributed by atoms with van der Waals surface area (Å²) in [5.74, 6) is 0. The lowest BCUT2D eigenvalue weighted by Gasteiger charge is -1.96. The lowest BCUT2D eigenvalue weighted by molar-refractivity contribution is 0.286. The van der Waals surface area contributed by atoms with E-state index in [1.165, 1.54) is 0 Å². The smallest absolute Gasteiger partial charge is 0.316 e. The van der Waals surface area contributed by atoms with Gasteiger partial charge in [0.15, 0.2) is 0 Å². The zero-order chi connectivity index (χ0) is 8.69. The number of rotatable bonds is 5. The van der Waals surface area contributed by atoms with Crippen LogP contribution in [0.3, 0.4) is 0 Å². The van der Waals surface area contributed by atoms with Gasteiger partial charge < -0.3 is 14.5 Å². The maximum atomic E-state index is 10.0. The highest BCUT2D eigenvalue weighted by molar-refractivity contribution is 7.32. The van der Waals surface area contributed by atoms with E-state index in [-0.39, 0.29) is 13.2 Å². The Morgan fingerprint density at radius 3 is 2.82 bits per heavy atom. The SMILES string of the molecule is CC(=CCCO[PH](=O)O)CO. The molecule has 11 heavy (non-hydrogen) atoms. The molecule has 0 saturated heterocycles. The molecule has 0 spiro atoms. The minimum Gasteiger partial charge on any atom is -0.392 e. The molecule has 0 aliphatic heterocycles. The van der Waals surface area contributed by atoms with E-state index in [9.17, 15) is 4.57 Å². The van der Waals surface area contributed by atoms with Crippen molar-refractivity contribution in [3.8, 4) is 0 Å². The summed E-state index contributed by atoms with van der Waals surface area (Å²) < 4.78 is 14.4. The van der Waals surface area contributed by atoms with Crippen LogP contribution in [0, 0.1) is 0 Å². The van der Waals surface area contributed by atoms with Crippen LogP contribution in [0.15, 0.2) is 11.6 Å². The van der Waals surface area contributed by atoms with Crippen molar-refractivity contribution in [2.75, 3.05) is 13.2 Å². The zero-order valence-corrected chi connectivity index (χ0v) is 7.41. The maximum absolute atomic E-state index is 10.0. The van der Waals surface area contributed by atoms with E-state index in [4.69, 9.17) is 10.00 Å². The lowest BCUT2D eigenvalue weighted by Crippen LogP contribution is -1.87. The fraction of sp³-hybridized carbons (Fsp3) is 0.667. The van der Waals surface area contributed by atoms with Gasteiger partial charge in [-0.05, 0) is 13.3 Å². The van der Waals surface area contributed by atoms with Crippen LogP contribution in [0.2, 0.25) is 0 Å². The van der Waals surface area contributed by atoms with Crippen molar-refractivity contribution in [1.82, 2.24) is 0 Å². The van der Waals surface area contributed by atoms with Gasteiger partial charge in [-0.3, -0.25) is 4.57 Å². The molecule has 0 aliphatic carbocycles. The Morgan fingerprint density at radius 1 is 1.73 bits per heavy atom. The predicted octanol–water partition coefficient (Wildman–Crippen LogP) is 0.714. The summed E-state index contributed by atoms with van der Waals surface area (Å²) >= 11 is 0. The predicted molar refractivity (Wildman–Crippen MR) is 42.6 cm³/mol. The second-order valence-corrected chi connectivity index (χ2v) is 2.93. The molecule has 66 valence electrons. The van der Waals surface area contributed by atoms with E-state index < -0.39 is 8.25 Å². The number of aliphatic hydroxyl groups is 1. The highest BCUT2D eigenvalue weighted by Gasteiger charge is 1.90. The summed E-state index contributed by atoms with van der Waals surface area (Å²) in [6.07, 6.45) is 2.33. The fourth-order valence-corrected chi connectivity index (χ4v) is 0.809. The molecule has 5 heteroatoms. The van der Waals surface area contributed by atoms with Crippen LogP contribution in [0.1, 0.15) is 13.3 Å². The molecule has 0 aromatic rings. The fourth-order valence-electron chi connectivity index (χ4n) is 0.516. The topological polar surface area (TPSA) is 66.8 Å². The number of hydrogen-bond donors (Lipinski definition) is 2. The van der Waals surface area contributed by atoms with Crippen molar-refractivity contribution in [3.05, 3.63) is 11.6 Å². The zero-order valence-electron chi connectivity index (χ0n) is 6.41. The second kappa shape index (κ2) is 6.55. The number of aliphatic hydroxyl groups excluding tert-OH is 1. The molecule has 2 N–H and O–H groups in total. The quantitative estimate of drug-likeness (QED) is 0.371. The first-order chi connectivity index (χ1) is 5.16. The third-order valence-electron chi connectivity index (χ3n) is 1.09. The Bertz CT molecular complexity index is 155. The Hall–Kier alpha value is -0.150. The lowest BCUT2D eigenvalue weighted by atomic mass is 10.2. The second-order valence-electron chi connectivity index (χ2n) is 2.11. The van der Waals surface area contributed by atoms with E-state index in [2.05, 4.69) is 4.52 Å². The first-order valence-corrected chi connectivity index (χ1v) is 4.55. The highest BCUT2D eigenvalue weighted by Crippen LogP contribution is 2.14. The van der Waals surface area contributed by atoms with Gasteiger partial charge in [0.2, 0.25) is 0 Å². The van der Waals surface area contributed by atoms with E-state index in [0.717, 1.165) is 5.57 Å². The van der Waals surface area contributed by atoms with Crippen molar-refractivity contribution in [2.24, 2.45) is 0 Å². The Balaban J connectivity index is 3.33. The van der Waals surface area contributed by atoms with Gasteiger partial charge in [-0.2, -0.15) is 0 Å². The van der Waals surface area contributed by atoms with E-state index in [1.54, 1.807) is 13.0 Å². The molecule has 0 saturated carbocycles. The number of hydrogen-bond acceptors (Lipinski definition) is 3. The van der Waals surface area contributed by atoms with Crippen LogP contribution in [0.25, 0.3) is 0 Å². The largest absolute Gasteiger partial charge is 0.392 e. The van der Waals surface area contributed by atoms with Gasteiger partial charge in [0.25, 0.3) is 0 Å². The van der Waals surface area contributed by atoms with Gasteiger partial charge >= 0.3 is 8.25 Å². The van der Waals surface area contributed by atoms with Crippen molar-refractivity contribution in [3.63, 3.8) is 0 Å². The standard InChI is InChI=1S/C6H13O4P/c1-6(5-7)3-2-4-10-11(8)9/h3,7,11H,2,4-5H2,1H3,(H,8,9). The molecule has 0 aromatic carbocycles.